The molecular weight excluding hydrogens is 341 g/mol. The highest BCUT2D eigenvalue weighted by molar-refractivity contribution is 8.00. The Hall–Kier alpha value is -1.27. The SMILES string of the molecule is CCC(Sc1cc(NC(=O)CC(C)C)c(F)cc1Cl)C(=O)OC. The summed E-state index contributed by atoms with van der Waals surface area (Å²) in [4.78, 5) is 24.0. The minimum atomic E-state index is -0.609. The summed E-state index contributed by atoms with van der Waals surface area (Å²) in [6, 6.07) is 2.59. The number of esters is 1. The molecule has 0 fully saturated rings. The van der Waals surface area contributed by atoms with Gasteiger partial charge in [0.15, 0.2) is 0 Å². The van der Waals surface area contributed by atoms with Gasteiger partial charge in [-0.3, -0.25) is 9.59 Å². The average Bonchev–Trinajstić information content (AvgIpc) is 2.47. The minimum Gasteiger partial charge on any atom is -0.468 e. The van der Waals surface area contributed by atoms with Crippen LogP contribution in [0.25, 0.3) is 0 Å². The fourth-order valence-electron chi connectivity index (χ4n) is 1.87. The Bertz CT molecular complexity index is 581. The molecule has 1 rings (SSSR count). The van der Waals surface area contributed by atoms with E-state index in [0.29, 0.717) is 17.7 Å². The normalized spacial score (nSPS) is 12.1. The third kappa shape index (κ3) is 6.03. The van der Waals surface area contributed by atoms with E-state index in [1.54, 1.807) is 0 Å². The largest absolute Gasteiger partial charge is 0.468 e. The number of amides is 1. The number of rotatable bonds is 7. The summed E-state index contributed by atoms with van der Waals surface area (Å²) >= 11 is 7.23. The molecule has 23 heavy (non-hydrogen) atoms. The van der Waals surface area contributed by atoms with Crippen LogP contribution in [0.15, 0.2) is 17.0 Å². The zero-order chi connectivity index (χ0) is 17.6. The first-order chi connectivity index (χ1) is 10.8. The van der Waals surface area contributed by atoms with Gasteiger partial charge >= 0.3 is 5.97 Å². The monoisotopic (exact) mass is 361 g/mol. The van der Waals surface area contributed by atoms with E-state index in [0.717, 1.165) is 6.07 Å². The molecule has 0 saturated heterocycles. The van der Waals surface area contributed by atoms with Crippen molar-refractivity contribution >= 4 is 40.9 Å². The second-order valence-electron chi connectivity index (χ2n) is 5.45. The van der Waals surface area contributed by atoms with Gasteiger partial charge in [0.2, 0.25) is 5.91 Å². The van der Waals surface area contributed by atoms with Gasteiger partial charge in [0.05, 0.1) is 17.8 Å². The van der Waals surface area contributed by atoms with Gasteiger partial charge in [0.1, 0.15) is 11.1 Å². The lowest BCUT2D eigenvalue weighted by Gasteiger charge is -2.15. The average molecular weight is 362 g/mol. The number of hydrogen-bond acceptors (Lipinski definition) is 4. The fourth-order valence-corrected chi connectivity index (χ4v) is 3.18. The molecule has 1 amide bonds. The molecule has 1 N–H and O–H groups in total. The number of carbonyl (C=O) groups excluding carboxylic acids is 2. The molecule has 0 aliphatic heterocycles. The van der Waals surface area contributed by atoms with Crippen molar-refractivity contribution in [2.45, 2.75) is 43.8 Å². The lowest BCUT2D eigenvalue weighted by molar-refractivity contribution is -0.140. The molecular formula is C16H21ClFNO3S. The van der Waals surface area contributed by atoms with E-state index in [1.807, 2.05) is 20.8 Å². The van der Waals surface area contributed by atoms with Crippen LogP contribution in [0.2, 0.25) is 5.02 Å². The maximum Gasteiger partial charge on any atom is 0.319 e. The van der Waals surface area contributed by atoms with E-state index in [1.165, 1.54) is 24.9 Å². The Balaban J connectivity index is 2.99. The van der Waals surface area contributed by atoms with Crippen molar-refractivity contribution in [3.05, 3.63) is 23.0 Å². The number of hydrogen-bond donors (Lipinski definition) is 1. The fraction of sp³-hybridized carbons (Fsp3) is 0.500. The summed E-state index contributed by atoms with van der Waals surface area (Å²) < 4.78 is 18.7. The van der Waals surface area contributed by atoms with E-state index in [-0.39, 0.29) is 28.5 Å². The number of thioether (sulfide) groups is 1. The maximum absolute atomic E-state index is 14.0. The molecule has 128 valence electrons. The Morgan fingerprint density at radius 1 is 1.39 bits per heavy atom. The van der Waals surface area contributed by atoms with Crippen LogP contribution in [0.3, 0.4) is 0 Å². The van der Waals surface area contributed by atoms with Gasteiger partial charge in [-0.1, -0.05) is 32.4 Å². The molecule has 0 saturated carbocycles. The lowest BCUT2D eigenvalue weighted by atomic mass is 10.1. The number of carbonyl (C=O) groups is 2. The maximum atomic E-state index is 14.0. The second-order valence-corrected chi connectivity index (χ2v) is 7.10. The number of nitrogens with one attached hydrogen (secondary N) is 1. The van der Waals surface area contributed by atoms with Gasteiger partial charge in [0, 0.05) is 11.3 Å². The molecule has 0 aliphatic rings. The first-order valence-electron chi connectivity index (χ1n) is 7.31. The number of ether oxygens (including phenoxy) is 1. The Morgan fingerprint density at radius 3 is 2.57 bits per heavy atom. The number of anilines is 1. The third-order valence-corrected chi connectivity index (χ3v) is 4.82. The molecule has 1 atom stereocenters. The van der Waals surface area contributed by atoms with Gasteiger partial charge in [0.25, 0.3) is 0 Å². The first kappa shape index (κ1) is 19.8. The summed E-state index contributed by atoms with van der Waals surface area (Å²) in [5.41, 5.74) is 0.0577. The van der Waals surface area contributed by atoms with Crippen molar-refractivity contribution < 1.29 is 18.7 Å². The van der Waals surface area contributed by atoms with Crippen molar-refractivity contribution in [3.63, 3.8) is 0 Å². The van der Waals surface area contributed by atoms with Crippen molar-refractivity contribution in [3.8, 4) is 0 Å². The molecule has 1 unspecified atom stereocenters. The van der Waals surface area contributed by atoms with Crippen molar-refractivity contribution in [2.24, 2.45) is 5.92 Å². The van der Waals surface area contributed by atoms with Gasteiger partial charge in [-0.05, 0) is 24.5 Å². The molecule has 4 nitrogen and oxygen atoms in total. The Labute approximate surface area is 145 Å². The van der Waals surface area contributed by atoms with Crippen LogP contribution in [-0.2, 0) is 14.3 Å². The molecule has 0 radical (unpaired) electrons. The lowest BCUT2D eigenvalue weighted by Crippen LogP contribution is -2.18. The quantitative estimate of drug-likeness (QED) is 0.573. The Kier molecular flexibility index (Phi) is 7.85. The standard InChI is InChI=1S/C16H21ClFNO3S/c1-5-13(16(21)22-4)23-14-8-12(11(18)7-10(14)17)19-15(20)6-9(2)3/h7-9,13H,5-6H2,1-4H3,(H,19,20). The number of methoxy groups -OCH3 is 1. The predicted molar refractivity (Wildman–Crippen MR) is 91.4 cm³/mol. The van der Waals surface area contributed by atoms with Crippen LogP contribution in [-0.4, -0.2) is 24.2 Å². The van der Waals surface area contributed by atoms with Crippen molar-refractivity contribution in [1.29, 1.82) is 0 Å². The summed E-state index contributed by atoms with van der Waals surface area (Å²) in [6.07, 6.45) is 0.838. The molecule has 7 heteroatoms. The summed E-state index contributed by atoms with van der Waals surface area (Å²) in [5.74, 6) is -1.08. The van der Waals surface area contributed by atoms with Gasteiger partial charge in [-0.2, -0.15) is 0 Å². The van der Waals surface area contributed by atoms with Gasteiger partial charge < -0.3 is 10.1 Å². The van der Waals surface area contributed by atoms with Crippen LogP contribution in [0.5, 0.6) is 0 Å². The van der Waals surface area contributed by atoms with E-state index in [2.05, 4.69) is 5.32 Å². The minimum absolute atomic E-state index is 0.0577. The highest BCUT2D eigenvalue weighted by Gasteiger charge is 2.21. The van der Waals surface area contributed by atoms with Gasteiger partial charge in [-0.15, -0.1) is 11.8 Å². The second kappa shape index (κ2) is 9.13. The molecule has 0 heterocycles. The third-order valence-electron chi connectivity index (χ3n) is 2.99. The zero-order valence-electron chi connectivity index (χ0n) is 13.6. The van der Waals surface area contributed by atoms with Crippen molar-refractivity contribution in [1.82, 2.24) is 0 Å². The van der Waals surface area contributed by atoms with Crippen LogP contribution < -0.4 is 5.32 Å². The summed E-state index contributed by atoms with van der Waals surface area (Å²) in [5, 5.41) is 2.29. The number of halogens is 2. The topological polar surface area (TPSA) is 55.4 Å². The zero-order valence-corrected chi connectivity index (χ0v) is 15.2. The van der Waals surface area contributed by atoms with Crippen LogP contribution in [0.4, 0.5) is 10.1 Å². The molecule has 0 aliphatic carbocycles. The smallest absolute Gasteiger partial charge is 0.319 e. The molecule has 1 aromatic carbocycles. The number of benzene rings is 1. The van der Waals surface area contributed by atoms with Crippen LogP contribution in [0.1, 0.15) is 33.6 Å². The molecule has 0 aromatic heterocycles. The van der Waals surface area contributed by atoms with Crippen LogP contribution in [0, 0.1) is 11.7 Å². The van der Waals surface area contributed by atoms with Gasteiger partial charge in [-0.25, -0.2) is 4.39 Å². The van der Waals surface area contributed by atoms with E-state index < -0.39 is 11.1 Å². The molecule has 0 spiro atoms. The first-order valence-corrected chi connectivity index (χ1v) is 8.57. The van der Waals surface area contributed by atoms with E-state index in [4.69, 9.17) is 16.3 Å². The van der Waals surface area contributed by atoms with E-state index in [9.17, 15) is 14.0 Å². The predicted octanol–water partition coefficient (Wildman–Crippen LogP) is 4.51. The van der Waals surface area contributed by atoms with Crippen molar-refractivity contribution in [2.75, 3.05) is 12.4 Å². The van der Waals surface area contributed by atoms with E-state index >= 15 is 0 Å². The molecule has 1 aromatic rings. The van der Waals surface area contributed by atoms with Crippen LogP contribution >= 0.6 is 23.4 Å². The highest BCUT2D eigenvalue weighted by Crippen LogP contribution is 2.35. The molecule has 0 bridgehead atoms. The summed E-state index contributed by atoms with van der Waals surface area (Å²) in [6.45, 7) is 5.65. The summed E-state index contributed by atoms with van der Waals surface area (Å²) in [7, 11) is 1.31. The highest BCUT2D eigenvalue weighted by atomic mass is 35.5. The Morgan fingerprint density at radius 2 is 2.04 bits per heavy atom.